The van der Waals surface area contributed by atoms with E-state index in [1.54, 1.807) is 7.11 Å². The Balaban J connectivity index is 1.97. The fourth-order valence-electron chi connectivity index (χ4n) is 3.45. The molecule has 4 heteroatoms. The molecule has 1 saturated carbocycles. The van der Waals surface area contributed by atoms with Crippen molar-refractivity contribution in [3.8, 4) is 5.75 Å². The van der Waals surface area contributed by atoms with Crippen molar-refractivity contribution in [1.82, 2.24) is 10.2 Å². The van der Waals surface area contributed by atoms with Crippen molar-refractivity contribution in [2.45, 2.75) is 70.9 Å². The fourth-order valence-corrected chi connectivity index (χ4v) is 3.76. The molecule has 1 aromatic carbocycles. The van der Waals surface area contributed by atoms with E-state index in [1.165, 1.54) is 56.9 Å². The largest absolute Gasteiger partial charge is 0.496 e. The molecule has 1 N–H and O–H groups in total. The third kappa shape index (κ3) is 5.66. The molecule has 0 bridgehead atoms. The van der Waals surface area contributed by atoms with Crippen LogP contribution < -0.4 is 10.1 Å². The average Bonchev–Trinajstić information content (AvgIpc) is 3.13. The van der Waals surface area contributed by atoms with Crippen LogP contribution in [0.2, 0.25) is 0 Å². The number of methoxy groups -OCH3 is 1. The highest BCUT2D eigenvalue weighted by Gasteiger charge is 2.25. The first-order valence-electron chi connectivity index (χ1n) is 9.42. The van der Waals surface area contributed by atoms with E-state index in [9.17, 15) is 0 Å². The van der Waals surface area contributed by atoms with Crippen LogP contribution in [0.15, 0.2) is 24.3 Å². The number of hydrogen-bond acceptors (Lipinski definition) is 2. The Morgan fingerprint density at radius 1 is 1.21 bits per heavy atom. The van der Waals surface area contributed by atoms with Crippen molar-refractivity contribution in [3.05, 3.63) is 29.8 Å². The molecule has 0 atom stereocenters. The molecule has 1 fully saturated rings. The van der Waals surface area contributed by atoms with Gasteiger partial charge in [0.1, 0.15) is 5.75 Å². The van der Waals surface area contributed by atoms with Crippen LogP contribution in [-0.4, -0.2) is 29.7 Å². The van der Waals surface area contributed by atoms with E-state index in [0.717, 1.165) is 24.0 Å². The highest BCUT2D eigenvalue weighted by molar-refractivity contribution is 7.80. The van der Waals surface area contributed by atoms with E-state index < -0.39 is 0 Å². The SMILES string of the molecule is CCCCCCNC(=S)N(Cc1ccccc1OC)C1CCCC1. The second kappa shape index (κ2) is 10.5. The Labute approximate surface area is 152 Å². The predicted octanol–water partition coefficient (Wildman–Crippen LogP) is 4.89. The third-order valence-electron chi connectivity index (χ3n) is 4.87. The van der Waals surface area contributed by atoms with Gasteiger partial charge in [0.2, 0.25) is 0 Å². The quantitative estimate of drug-likeness (QED) is 0.507. The van der Waals surface area contributed by atoms with Crippen LogP contribution in [0.4, 0.5) is 0 Å². The second-order valence-corrected chi connectivity index (χ2v) is 7.06. The molecule has 1 aromatic rings. The van der Waals surface area contributed by atoms with Gasteiger partial charge in [-0.3, -0.25) is 0 Å². The summed E-state index contributed by atoms with van der Waals surface area (Å²) in [5, 5.41) is 4.40. The minimum atomic E-state index is 0.561. The Bertz CT molecular complexity index is 500. The van der Waals surface area contributed by atoms with Gasteiger partial charge >= 0.3 is 0 Å². The molecule has 0 unspecified atom stereocenters. The minimum Gasteiger partial charge on any atom is -0.496 e. The summed E-state index contributed by atoms with van der Waals surface area (Å²) in [7, 11) is 1.74. The van der Waals surface area contributed by atoms with Gasteiger partial charge in [-0.25, -0.2) is 0 Å². The first-order chi connectivity index (χ1) is 11.8. The van der Waals surface area contributed by atoms with E-state index in [-0.39, 0.29) is 0 Å². The Morgan fingerprint density at radius 2 is 1.96 bits per heavy atom. The van der Waals surface area contributed by atoms with Gasteiger partial charge in [0.15, 0.2) is 5.11 Å². The zero-order valence-electron chi connectivity index (χ0n) is 15.2. The van der Waals surface area contributed by atoms with Gasteiger partial charge in [-0.2, -0.15) is 0 Å². The van der Waals surface area contributed by atoms with Crippen LogP contribution in [0.25, 0.3) is 0 Å². The molecule has 0 radical (unpaired) electrons. The number of ether oxygens (including phenoxy) is 1. The van der Waals surface area contributed by atoms with Crippen molar-refractivity contribution in [1.29, 1.82) is 0 Å². The van der Waals surface area contributed by atoms with Crippen molar-refractivity contribution >= 4 is 17.3 Å². The van der Waals surface area contributed by atoms with Crippen LogP contribution in [0.1, 0.15) is 63.9 Å². The van der Waals surface area contributed by atoms with E-state index in [2.05, 4.69) is 29.3 Å². The lowest BCUT2D eigenvalue weighted by Crippen LogP contribution is -2.44. The van der Waals surface area contributed by atoms with Crippen molar-refractivity contribution in [3.63, 3.8) is 0 Å². The van der Waals surface area contributed by atoms with Gasteiger partial charge in [0.25, 0.3) is 0 Å². The van der Waals surface area contributed by atoms with E-state index in [0.29, 0.717) is 6.04 Å². The maximum absolute atomic E-state index is 5.74. The van der Waals surface area contributed by atoms with E-state index in [1.807, 2.05) is 12.1 Å². The zero-order chi connectivity index (χ0) is 17.2. The lowest BCUT2D eigenvalue weighted by Gasteiger charge is -2.32. The summed E-state index contributed by atoms with van der Waals surface area (Å²) in [6, 6.07) is 8.83. The van der Waals surface area contributed by atoms with E-state index >= 15 is 0 Å². The molecule has 24 heavy (non-hydrogen) atoms. The lowest BCUT2D eigenvalue weighted by molar-refractivity contribution is 0.297. The molecule has 1 aliphatic rings. The van der Waals surface area contributed by atoms with Gasteiger partial charge in [0.05, 0.1) is 7.11 Å². The first kappa shape index (κ1) is 19.0. The van der Waals surface area contributed by atoms with Gasteiger partial charge < -0.3 is 15.0 Å². The van der Waals surface area contributed by atoms with Gasteiger partial charge in [-0.1, -0.05) is 57.2 Å². The summed E-state index contributed by atoms with van der Waals surface area (Å²) < 4.78 is 5.52. The van der Waals surface area contributed by atoms with Crippen LogP contribution >= 0.6 is 12.2 Å². The van der Waals surface area contributed by atoms with Crippen molar-refractivity contribution in [2.75, 3.05) is 13.7 Å². The molecular formula is C20H32N2OS. The number of thiocarbonyl (C=S) groups is 1. The molecule has 0 amide bonds. The third-order valence-corrected chi connectivity index (χ3v) is 5.24. The maximum Gasteiger partial charge on any atom is 0.169 e. The summed E-state index contributed by atoms with van der Waals surface area (Å²) in [4.78, 5) is 2.39. The fraction of sp³-hybridized carbons (Fsp3) is 0.650. The number of para-hydroxylation sites is 1. The smallest absolute Gasteiger partial charge is 0.169 e. The lowest BCUT2D eigenvalue weighted by atomic mass is 10.1. The first-order valence-corrected chi connectivity index (χ1v) is 9.83. The number of benzene rings is 1. The molecule has 0 aromatic heterocycles. The zero-order valence-corrected chi connectivity index (χ0v) is 16.0. The summed E-state index contributed by atoms with van der Waals surface area (Å²) in [6.07, 6.45) is 10.2. The number of hydrogen-bond donors (Lipinski definition) is 1. The number of unbranched alkanes of at least 4 members (excludes halogenated alkanes) is 3. The van der Waals surface area contributed by atoms with Gasteiger partial charge in [-0.05, 0) is 37.5 Å². The topological polar surface area (TPSA) is 24.5 Å². The Kier molecular flexibility index (Phi) is 8.37. The highest BCUT2D eigenvalue weighted by Crippen LogP contribution is 2.27. The standard InChI is InChI=1S/C20H32N2OS/c1-3-4-5-10-15-21-20(24)22(18-12-7-8-13-18)16-17-11-6-9-14-19(17)23-2/h6,9,11,14,18H,3-5,7-8,10,12-13,15-16H2,1-2H3,(H,21,24). The molecule has 0 saturated heterocycles. The maximum atomic E-state index is 5.74. The van der Waals surface area contributed by atoms with Gasteiger partial charge in [-0.15, -0.1) is 0 Å². The Hall–Kier alpha value is -1.29. The van der Waals surface area contributed by atoms with E-state index in [4.69, 9.17) is 17.0 Å². The van der Waals surface area contributed by atoms with Crippen LogP contribution in [0, 0.1) is 0 Å². The normalized spacial score (nSPS) is 14.6. The van der Waals surface area contributed by atoms with Crippen molar-refractivity contribution < 1.29 is 4.74 Å². The molecular weight excluding hydrogens is 316 g/mol. The molecule has 134 valence electrons. The molecule has 3 nitrogen and oxygen atoms in total. The summed E-state index contributed by atoms with van der Waals surface area (Å²) in [5.41, 5.74) is 1.21. The number of nitrogens with one attached hydrogen (secondary N) is 1. The molecule has 0 heterocycles. The minimum absolute atomic E-state index is 0.561. The van der Waals surface area contributed by atoms with Crippen LogP contribution in [0.3, 0.4) is 0 Å². The molecule has 1 aliphatic carbocycles. The summed E-state index contributed by atoms with van der Waals surface area (Å²) in [5.74, 6) is 0.950. The molecule has 0 aliphatic heterocycles. The summed E-state index contributed by atoms with van der Waals surface area (Å²) in [6.45, 7) is 4.05. The Morgan fingerprint density at radius 3 is 2.67 bits per heavy atom. The van der Waals surface area contributed by atoms with Gasteiger partial charge in [0, 0.05) is 24.7 Å². The monoisotopic (exact) mass is 348 g/mol. The van der Waals surface area contributed by atoms with Crippen molar-refractivity contribution in [2.24, 2.45) is 0 Å². The average molecular weight is 349 g/mol. The predicted molar refractivity (Wildman–Crippen MR) is 106 cm³/mol. The number of nitrogens with zero attached hydrogens (tertiary/aromatic N) is 1. The highest BCUT2D eigenvalue weighted by atomic mass is 32.1. The van der Waals surface area contributed by atoms with Crippen LogP contribution in [-0.2, 0) is 6.54 Å². The van der Waals surface area contributed by atoms with Crippen LogP contribution in [0.5, 0.6) is 5.75 Å². The summed E-state index contributed by atoms with van der Waals surface area (Å²) >= 11 is 5.74. The molecule has 0 spiro atoms. The molecule has 2 rings (SSSR count). The second-order valence-electron chi connectivity index (χ2n) is 6.67. The number of rotatable bonds is 9.